The molecule has 4 atom stereocenters. The van der Waals surface area contributed by atoms with Gasteiger partial charge in [0.1, 0.15) is 11.9 Å². The van der Waals surface area contributed by atoms with Crippen LogP contribution in [0.4, 0.5) is 0 Å². The van der Waals surface area contributed by atoms with E-state index in [2.05, 4.69) is 0 Å². The molecule has 0 bridgehead atoms. The molecule has 0 saturated carbocycles. The van der Waals surface area contributed by atoms with Crippen LogP contribution in [0.1, 0.15) is 42.4 Å². The second kappa shape index (κ2) is 10.4. The maximum atomic E-state index is 13.4. The number of rotatable bonds is 9. The summed E-state index contributed by atoms with van der Waals surface area (Å²) in [6.45, 7) is 3.69. The van der Waals surface area contributed by atoms with E-state index in [0.29, 0.717) is 18.6 Å². The predicted molar refractivity (Wildman–Crippen MR) is 113 cm³/mol. The molecule has 1 aromatic carbocycles. The van der Waals surface area contributed by atoms with Crippen LogP contribution < -0.4 is 4.74 Å². The standard InChI is InChI=1S/C23H34O8/c1-13-10-16(27-3)11-15-8-9-23(22(26)31-7,14(2)20(25)21(29-5)30-6)17(19(13)15)12-18(24)28-4/h10-11,14,17,20-21,25H,8-9,12H2,1-7H3/t14-,17+,20-,23-/m1/s1. The Morgan fingerprint density at radius 2 is 1.77 bits per heavy atom. The number of fused-ring (bicyclic) bond motifs is 1. The van der Waals surface area contributed by atoms with E-state index in [4.69, 9.17) is 23.7 Å². The molecule has 0 heterocycles. The third-order valence-electron chi connectivity index (χ3n) is 6.69. The Morgan fingerprint density at radius 3 is 2.29 bits per heavy atom. The Bertz CT molecular complexity index is 788. The number of aliphatic hydroxyl groups excluding tert-OH is 1. The molecule has 0 fully saturated rings. The van der Waals surface area contributed by atoms with Crippen LogP contribution >= 0.6 is 0 Å². The first-order valence-corrected chi connectivity index (χ1v) is 10.3. The lowest BCUT2D eigenvalue weighted by Crippen LogP contribution is -2.53. The minimum absolute atomic E-state index is 0.0343. The fraction of sp³-hybridized carbons (Fsp3) is 0.652. The first kappa shape index (κ1) is 25.1. The quantitative estimate of drug-likeness (QED) is 0.463. The van der Waals surface area contributed by atoms with Crippen LogP contribution in [-0.4, -0.2) is 65.0 Å². The summed E-state index contributed by atoms with van der Waals surface area (Å²) in [5.41, 5.74) is 1.59. The van der Waals surface area contributed by atoms with Gasteiger partial charge in [-0.1, -0.05) is 6.92 Å². The first-order valence-electron chi connectivity index (χ1n) is 10.3. The third kappa shape index (κ3) is 4.56. The van der Waals surface area contributed by atoms with E-state index in [0.717, 1.165) is 16.7 Å². The van der Waals surface area contributed by atoms with Crippen molar-refractivity contribution in [3.05, 3.63) is 28.8 Å². The summed E-state index contributed by atoms with van der Waals surface area (Å²) in [5, 5.41) is 11.1. The van der Waals surface area contributed by atoms with Crippen LogP contribution in [-0.2, 0) is 35.0 Å². The molecule has 8 nitrogen and oxygen atoms in total. The van der Waals surface area contributed by atoms with E-state index in [1.165, 1.54) is 28.4 Å². The Morgan fingerprint density at radius 1 is 1.13 bits per heavy atom. The average molecular weight is 439 g/mol. The second-order valence-corrected chi connectivity index (χ2v) is 8.00. The van der Waals surface area contributed by atoms with Gasteiger partial charge in [-0.25, -0.2) is 0 Å². The SMILES string of the molecule is COC(=O)C[C@H]1c2c(C)cc(OC)cc2CC[C@@]1(C(=O)OC)[C@H](C)[C@@H](O)C(OC)OC. The third-order valence-corrected chi connectivity index (χ3v) is 6.69. The van der Waals surface area contributed by atoms with E-state index in [1.54, 1.807) is 14.0 Å². The highest BCUT2D eigenvalue weighted by Gasteiger charge is 2.57. The van der Waals surface area contributed by atoms with Crippen molar-refractivity contribution in [2.45, 2.75) is 51.4 Å². The van der Waals surface area contributed by atoms with E-state index in [1.807, 2.05) is 19.1 Å². The molecule has 1 aromatic rings. The van der Waals surface area contributed by atoms with E-state index in [9.17, 15) is 14.7 Å². The van der Waals surface area contributed by atoms with Crippen LogP contribution in [0, 0.1) is 18.3 Å². The molecular weight excluding hydrogens is 404 g/mol. The first-order chi connectivity index (χ1) is 14.7. The molecule has 0 aliphatic heterocycles. The van der Waals surface area contributed by atoms with Crippen LogP contribution in [0.15, 0.2) is 12.1 Å². The molecule has 0 aromatic heterocycles. The number of aryl methyl sites for hydroxylation is 2. The van der Waals surface area contributed by atoms with Gasteiger partial charge in [-0.05, 0) is 48.6 Å². The van der Waals surface area contributed by atoms with E-state index < -0.39 is 41.6 Å². The number of hydrogen-bond donors (Lipinski definition) is 1. The van der Waals surface area contributed by atoms with Gasteiger partial charge < -0.3 is 28.8 Å². The number of esters is 2. The average Bonchev–Trinajstić information content (AvgIpc) is 2.78. The number of aliphatic hydroxyl groups is 1. The molecule has 1 N–H and O–H groups in total. The van der Waals surface area contributed by atoms with Crippen molar-refractivity contribution >= 4 is 11.9 Å². The number of benzene rings is 1. The van der Waals surface area contributed by atoms with Crippen molar-refractivity contribution in [1.29, 1.82) is 0 Å². The molecule has 0 saturated heterocycles. The van der Waals surface area contributed by atoms with E-state index in [-0.39, 0.29) is 6.42 Å². The molecule has 174 valence electrons. The second-order valence-electron chi connectivity index (χ2n) is 8.00. The van der Waals surface area contributed by atoms with Gasteiger partial charge in [-0.2, -0.15) is 0 Å². The van der Waals surface area contributed by atoms with Crippen LogP contribution in [0.5, 0.6) is 5.75 Å². The van der Waals surface area contributed by atoms with Crippen molar-refractivity contribution in [3.63, 3.8) is 0 Å². The van der Waals surface area contributed by atoms with Gasteiger partial charge in [0.15, 0.2) is 6.29 Å². The number of methoxy groups -OCH3 is 5. The van der Waals surface area contributed by atoms with Crippen molar-refractivity contribution in [2.75, 3.05) is 35.5 Å². The van der Waals surface area contributed by atoms with Gasteiger partial charge in [-0.3, -0.25) is 9.59 Å². The molecule has 0 radical (unpaired) electrons. The van der Waals surface area contributed by atoms with Crippen molar-refractivity contribution in [2.24, 2.45) is 11.3 Å². The minimum Gasteiger partial charge on any atom is -0.497 e. The maximum absolute atomic E-state index is 13.4. The number of carbonyl (C=O) groups is 2. The highest BCUT2D eigenvalue weighted by atomic mass is 16.7. The Hall–Kier alpha value is -2.16. The molecular formula is C23H34O8. The highest BCUT2D eigenvalue weighted by Crippen LogP contribution is 2.55. The lowest BCUT2D eigenvalue weighted by Gasteiger charge is -2.48. The summed E-state index contributed by atoms with van der Waals surface area (Å²) in [6, 6.07) is 3.81. The summed E-state index contributed by atoms with van der Waals surface area (Å²) in [4.78, 5) is 25.8. The van der Waals surface area contributed by atoms with Crippen LogP contribution in [0.25, 0.3) is 0 Å². The van der Waals surface area contributed by atoms with Gasteiger partial charge >= 0.3 is 11.9 Å². The van der Waals surface area contributed by atoms with Crippen molar-refractivity contribution < 1.29 is 38.4 Å². The maximum Gasteiger partial charge on any atom is 0.312 e. The molecule has 31 heavy (non-hydrogen) atoms. The topological polar surface area (TPSA) is 101 Å². The Kier molecular flexibility index (Phi) is 8.45. The molecule has 2 rings (SSSR count). The number of ether oxygens (including phenoxy) is 5. The zero-order valence-electron chi connectivity index (χ0n) is 19.4. The zero-order chi connectivity index (χ0) is 23.3. The lowest BCUT2D eigenvalue weighted by atomic mass is 9.55. The van der Waals surface area contributed by atoms with Gasteiger partial charge in [0.05, 0.1) is 33.2 Å². The fourth-order valence-corrected chi connectivity index (χ4v) is 5.05. The molecule has 0 unspecified atom stereocenters. The van der Waals surface area contributed by atoms with Crippen molar-refractivity contribution in [1.82, 2.24) is 0 Å². The minimum atomic E-state index is -1.19. The summed E-state index contributed by atoms with van der Waals surface area (Å²) >= 11 is 0. The smallest absolute Gasteiger partial charge is 0.312 e. The summed E-state index contributed by atoms with van der Waals surface area (Å²) < 4.78 is 26.1. The van der Waals surface area contributed by atoms with Gasteiger partial charge in [0.2, 0.25) is 0 Å². The monoisotopic (exact) mass is 438 g/mol. The molecule has 1 aliphatic rings. The molecule has 1 aliphatic carbocycles. The Labute approximate surface area is 183 Å². The predicted octanol–water partition coefficient (Wildman–Crippen LogP) is 2.37. The summed E-state index contributed by atoms with van der Waals surface area (Å²) in [6.07, 6.45) is -1.17. The van der Waals surface area contributed by atoms with Crippen molar-refractivity contribution in [3.8, 4) is 5.75 Å². The van der Waals surface area contributed by atoms with E-state index >= 15 is 0 Å². The molecule has 0 amide bonds. The zero-order valence-corrected chi connectivity index (χ0v) is 19.4. The molecule has 0 spiro atoms. The largest absolute Gasteiger partial charge is 0.497 e. The molecule has 8 heteroatoms. The number of hydrogen-bond acceptors (Lipinski definition) is 8. The van der Waals surface area contributed by atoms with Gasteiger partial charge in [0.25, 0.3) is 0 Å². The summed E-state index contributed by atoms with van der Waals surface area (Å²) in [5.74, 6) is -1.43. The number of carbonyl (C=O) groups excluding carboxylic acids is 2. The highest BCUT2D eigenvalue weighted by molar-refractivity contribution is 5.82. The van der Waals surface area contributed by atoms with Gasteiger partial charge in [-0.15, -0.1) is 0 Å². The Balaban J connectivity index is 2.73. The van der Waals surface area contributed by atoms with Gasteiger partial charge in [0, 0.05) is 26.1 Å². The normalized spacial score (nSPS) is 22.4. The van der Waals surface area contributed by atoms with Crippen LogP contribution in [0.2, 0.25) is 0 Å². The van der Waals surface area contributed by atoms with Crippen LogP contribution in [0.3, 0.4) is 0 Å². The lowest BCUT2D eigenvalue weighted by molar-refractivity contribution is -0.201. The fourth-order valence-electron chi connectivity index (χ4n) is 5.05. The summed E-state index contributed by atoms with van der Waals surface area (Å²) in [7, 11) is 7.08.